The van der Waals surface area contributed by atoms with E-state index in [4.69, 9.17) is 16.3 Å². The van der Waals surface area contributed by atoms with Gasteiger partial charge in [0.25, 0.3) is 5.91 Å². The number of rotatable bonds is 8. The number of benzene rings is 3. The van der Waals surface area contributed by atoms with Crippen molar-refractivity contribution in [3.05, 3.63) is 88.5 Å². The second kappa shape index (κ2) is 11.2. The number of hydrogen-bond acceptors (Lipinski definition) is 4. The fourth-order valence-electron chi connectivity index (χ4n) is 4.74. The smallest absolute Gasteiger partial charge is 0.416 e. The first-order valence-electron chi connectivity index (χ1n) is 12.4. The zero-order valence-electron chi connectivity index (χ0n) is 21.3. The molecule has 200 valence electrons. The number of hydrazone groups is 1. The van der Waals surface area contributed by atoms with Crippen molar-refractivity contribution in [2.24, 2.45) is 22.6 Å². The quantitative estimate of drug-likeness (QED) is 0.148. The van der Waals surface area contributed by atoms with Gasteiger partial charge >= 0.3 is 6.18 Å². The summed E-state index contributed by atoms with van der Waals surface area (Å²) in [6.45, 7) is 3.92. The zero-order valence-corrected chi connectivity index (χ0v) is 21.3. The number of carbonyl (C=O) groups is 1. The van der Waals surface area contributed by atoms with E-state index in [9.17, 15) is 18.0 Å². The molecule has 1 amide bonds. The standard InChI is InChI=1S/C29H31F3N4O2/c1-17-14-24(15-18(2)26(17)19-10-12-23(13-11-19)29(30,31)32)38-27(20-4-3-5-20)21-6-8-22(9-7-21)28(37)35-16-25(33)36-34/h6-15,20,27H,3-5,16,34H2,1-2H3,(H2,33,36)(H,35,37). The topological polar surface area (TPSA) is 103 Å². The first-order chi connectivity index (χ1) is 18.1. The van der Waals surface area contributed by atoms with Crippen molar-refractivity contribution in [1.29, 1.82) is 0 Å². The van der Waals surface area contributed by atoms with Crippen molar-refractivity contribution in [3.63, 3.8) is 0 Å². The summed E-state index contributed by atoms with van der Waals surface area (Å²) >= 11 is 0. The second-order valence-corrected chi connectivity index (χ2v) is 9.66. The van der Waals surface area contributed by atoms with Crippen LogP contribution in [0.15, 0.2) is 65.8 Å². The van der Waals surface area contributed by atoms with E-state index in [2.05, 4.69) is 10.4 Å². The molecule has 3 aromatic carbocycles. The fourth-order valence-corrected chi connectivity index (χ4v) is 4.74. The molecule has 0 aliphatic heterocycles. The Morgan fingerprint density at radius 2 is 1.66 bits per heavy atom. The molecule has 1 fully saturated rings. The molecule has 0 heterocycles. The van der Waals surface area contributed by atoms with E-state index < -0.39 is 11.7 Å². The molecule has 1 atom stereocenters. The number of aryl methyl sites for hydroxylation is 2. The minimum Gasteiger partial charge on any atom is -0.485 e. The lowest BCUT2D eigenvalue weighted by Gasteiger charge is -2.34. The lowest BCUT2D eigenvalue weighted by Crippen LogP contribution is -2.34. The van der Waals surface area contributed by atoms with Gasteiger partial charge in [-0.15, -0.1) is 0 Å². The summed E-state index contributed by atoms with van der Waals surface area (Å²) in [5.74, 6) is 5.99. The number of nitrogens with zero attached hydrogens (tertiary/aromatic N) is 1. The highest BCUT2D eigenvalue weighted by Crippen LogP contribution is 2.42. The average molecular weight is 525 g/mol. The van der Waals surface area contributed by atoms with E-state index in [-0.39, 0.29) is 24.4 Å². The van der Waals surface area contributed by atoms with Gasteiger partial charge in [0.05, 0.1) is 12.1 Å². The summed E-state index contributed by atoms with van der Waals surface area (Å²) < 4.78 is 45.5. The van der Waals surface area contributed by atoms with Gasteiger partial charge in [0, 0.05) is 11.5 Å². The lowest BCUT2D eigenvalue weighted by molar-refractivity contribution is -0.137. The van der Waals surface area contributed by atoms with Gasteiger partial charge in [-0.2, -0.15) is 18.3 Å². The predicted octanol–water partition coefficient (Wildman–Crippen LogP) is 5.87. The van der Waals surface area contributed by atoms with Gasteiger partial charge in [-0.3, -0.25) is 4.79 Å². The van der Waals surface area contributed by atoms with Gasteiger partial charge < -0.3 is 21.6 Å². The van der Waals surface area contributed by atoms with E-state index in [0.29, 0.717) is 17.2 Å². The monoisotopic (exact) mass is 524 g/mol. The average Bonchev–Trinajstić information content (AvgIpc) is 2.85. The van der Waals surface area contributed by atoms with Gasteiger partial charge in [-0.1, -0.05) is 30.7 Å². The largest absolute Gasteiger partial charge is 0.485 e. The highest BCUT2D eigenvalue weighted by atomic mass is 19.4. The van der Waals surface area contributed by atoms with E-state index in [1.54, 1.807) is 12.1 Å². The molecular formula is C29H31F3N4O2. The SMILES string of the molecule is Cc1cc(OC(c2ccc(C(=O)NC/C(N)=N/N)cc2)C2CCC2)cc(C)c1-c1ccc(C(F)(F)F)cc1. The van der Waals surface area contributed by atoms with Gasteiger partial charge in [-0.05, 0) is 90.9 Å². The van der Waals surface area contributed by atoms with Crippen LogP contribution in [0.5, 0.6) is 5.75 Å². The molecule has 0 bridgehead atoms. The van der Waals surface area contributed by atoms with Crippen LogP contribution >= 0.6 is 0 Å². The molecule has 0 spiro atoms. The molecule has 1 unspecified atom stereocenters. The van der Waals surface area contributed by atoms with Crippen molar-refractivity contribution in [3.8, 4) is 16.9 Å². The van der Waals surface area contributed by atoms with Crippen LogP contribution in [-0.2, 0) is 6.18 Å². The van der Waals surface area contributed by atoms with Crippen LogP contribution in [0.25, 0.3) is 11.1 Å². The van der Waals surface area contributed by atoms with Crippen LogP contribution in [0.1, 0.15) is 58.0 Å². The van der Waals surface area contributed by atoms with Crippen molar-refractivity contribution < 1.29 is 22.7 Å². The third kappa shape index (κ3) is 6.10. The Morgan fingerprint density at radius 1 is 1.05 bits per heavy atom. The second-order valence-electron chi connectivity index (χ2n) is 9.66. The summed E-state index contributed by atoms with van der Waals surface area (Å²) in [6, 6.07) is 16.4. The third-order valence-electron chi connectivity index (χ3n) is 6.95. The minimum absolute atomic E-state index is 0.0616. The maximum Gasteiger partial charge on any atom is 0.416 e. The first-order valence-corrected chi connectivity index (χ1v) is 12.4. The van der Waals surface area contributed by atoms with Crippen LogP contribution in [0.2, 0.25) is 0 Å². The number of carbonyl (C=O) groups excluding carboxylic acids is 1. The predicted molar refractivity (Wildman–Crippen MR) is 142 cm³/mol. The summed E-state index contributed by atoms with van der Waals surface area (Å²) in [7, 11) is 0. The summed E-state index contributed by atoms with van der Waals surface area (Å²) in [6.07, 6.45) is -1.32. The van der Waals surface area contributed by atoms with Gasteiger partial charge in [0.15, 0.2) is 0 Å². The van der Waals surface area contributed by atoms with E-state index in [1.807, 2.05) is 38.1 Å². The van der Waals surface area contributed by atoms with Crippen LogP contribution in [0.4, 0.5) is 13.2 Å². The fraction of sp³-hybridized carbons (Fsp3) is 0.310. The molecule has 0 saturated heterocycles. The van der Waals surface area contributed by atoms with Crippen LogP contribution < -0.4 is 21.6 Å². The number of ether oxygens (including phenoxy) is 1. The van der Waals surface area contributed by atoms with Crippen LogP contribution in [0.3, 0.4) is 0 Å². The Balaban J connectivity index is 1.54. The molecule has 1 aliphatic rings. The van der Waals surface area contributed by atoms with Crippen molar-refractivity contribution in [1.82, 2.24) is 5.32 Å². The van der Waals surface area contributed by atoms with Gasteiger partial charge in [0.2, 0.25) is 0 Å². The van der Waals surface area contributed by atoms with Crippen LogP contribution in [0, 0.1) is 19.8 Å². The molecule has 0 aromatic heterocycles. The number of hydrogen-bond donors (Lipinski definition) is 3. The molecule has 1 saturated carbocycles. The van der Waals surface area contributed by atoms with Crippen molar-refractivity contribution in [2.75, 3.05) is 6.54 Å². The number of amides is 1. The van der Waals surface area contributed by atoms with Crippen LogP contribution in [-0.4, -0.2) is 18.3 Å². The normalized spacial score (nSPS) is 15.0. The highest BCUT2D eigenvalue weighted by Gasteiger charge is 2.31. The van der Waals surface area contributed by atoms with Crippen molar-refractivity contribution in [2.45, 2.75) is 45.4 Å². The Hall–Kier alpha value is -4.01. The first kappa shape index (κ1) is 27.0. The minimum atomic E-state index is -4.37. The van der Waals surface area contributed by atoms with Gasteiger partial charge in [0.1, 0.15) is 17.7 Å². The number of nitrogens with two attached hydrogens (primary N) is 2. The van der Waals surface area contributed by atoms with E-state index in [1.165, 1.54) is 12.1 Å². The molecule has 3 aromatic rings. The molecule has 5 N–H and O–H groups in total. The Labute approximate surface area is 219 Å². The lowest BCUT2D eigenvalue weighted by atomic mass is 9.78. The van der Waals surface area contributed by atoms with Gasteiger partial charge in [-0.25, -0.2) is 0 Å². The summed E-state index contributed by atoms with van der Waals surface area (Å²) in [5.41, 5.74) is 9.76. The number of amidine groups is 1. The molecule has 38 heavy (non-hydrogen) atoms. The zero-order chi connectivity index (χ0) is 27.4. The molecule has 1 aliphatic carbocycles. The summed E-state index contributed by atoms with van der Waals surface area (Å²) in [4.78, 5) is 12.4. The Bertz CT molecular complexity index is 1290. The third-order valence-corrected chi connectivity index (χ3v) is 6.95. The molecule has 4 rings (SSSR count). The number of alkyl halides is 3. The highest BCUT2D eigenvalue weighted by molar-refractivity contribution is 5.97. The summed E-state index contributed by atoms with van der Waals surface area (Å²) in [5, 5.41) is 6.00. The molecule has 6 nitrogen and oxygen atoms in total. The van der Waals surface area contributed by atoms with Crippen molar-refractivity contribution >= 4 is 11.7 Å². The maximum absolute atomic E-state index is 13.0. The van der Waals surface area contributed by atoms with E-state index >= 15 is 0 Å². The number of nitrogens with one attached hydrogen (secondary N) is 1. The Morgan fingerprint density at radius 3 is 2.16 bits per heavy atom. The number of halogens is 3. The molecular weight excluding hydrogens is 493 g/mol. The molecule has 9 heteroatoms. The Kier molecular flexibility index (Phi) is 7.94. The van der Waals surface area contributed by atoms with E-state index in [0.717, 1.165) is 59.2 Å². The molecule has 0 radical (unpaired) electrons. The maximum atomic E-state index is 13.0.